The third-order valence-corrected chi connectivity index (χ3v) is 4.28. The Morgan fingerprint density at radius 2 is 2.07 bits per heavy atom. The van der Waals surface area contributed by atoms with Crippen LogP contribution in [0.4, 0.5) is 10.1 Å². The Labute approximate surface area is 158 Å². The van der Waals surface area contributed by atoms with E-state index in [4.69, 9.17) is 9.26 Å². The molecule has 1 N–H and O–H groups in total. The minimum absolute atomic E-state index is 0.0171. The number of hydrogen-bond acceptors (Lipinski definition) is 6. The maximum absolute atomic E-state index is 14.6. The van der Waals surface area contributed by atoms with E-state index in [1.807, 2.05) is 13.0 Å². The van der Waals surface area contributed by atoms with Crippen molar-refractivity contribution < 1.29 is 18.4 Å². The van der Waals surface area contributed by atoms with Gasteiger partial charge in [-0.3, -0.25) is 4.79 Å². The Morgan fingerprint density at radius 3 is 2.79 bits per heavy atom. The number of hydrogen-bond donors (Lipinski definition) is 1. The number of aryl methyl sites for hydroxylation is 3. The number of nitrogens with one attached hydrogen (secondary N) is 1. The number of fused-ring (bicyclic) bond motifs is 1. The van der Waals surface area contributed by atoms with Crippen molar-refractivity contribution in [2.45, 2.75) is 20.8 Å². The van der Waals surface area contributed by atoms with E-state index in [0.717, 1.165) is 5.56 Å². The molecule has 0 radical (unpaired) electrons. The summed E-state index contributed by atoms with van der Waals surface area (Å²) in [6.07, 6.45) is 3.10. The van der Waals surface area contributed by atoms with Gasteiger partial charge < -0.3 is 14.6 Å². The number of nitrogens with zero attached hydrogens (tertiary/aromatic N) is 4. The molecule has 0 aliphatic carbocycles. The van der Waals surface area contributed by atoms with E-state index in [1.165, 1.54) is 24.5 Å². The quantitative estimate of drug-likeness (QED) is 0.577. The molecule has 4 aromatic rings. The zero-order chi connectivity index (χ0) is 19.8. The van der Waals surface area contributed by atoms with Crippen LogP contribution >= 0.6 is 0 Å². The highest BCUT2D eigenvalue weighted by Gasteiger charge is 2.18. The van der Waals surface area contributed by atoms with Crippen molar-refractivity contribution in [3.05, 3.63) is 65.2 Å². The molecule has 0 aliphatic rings. The van der Waals surface area contributed by atoms with Gasteiger partial charge >= 0.3 is 0 Å². The van der Waals surface area contributed by atoms with Gasteiger partial charge in [0.1, 0.15) is 23.2 Å². The summed E-state index contributed by atoms with van der Waals surface area (Å²) in [6, 6.07) is 6.00. The van der Waals surface area contributed by atoms with Crippen LogP contribution < -0.4 is 10.1 Å². The number of carbonyl (C=O) groups excluding carboxylic acids is 1. The molecule has 28 heavy (non-hydrogen) atoms. The van der Waals surface area contributed by atoms with Crippen LogP contribution in [0.2, 0.25) is 0 Å². The van der Waals surface area contributed by atoms with Crippen LogP contribution in [-0.4, -0.2) is 25.7 Å². The van der Waals surface area contributed by atoms with Crippen molar-refractivity contribution in [1.29, 1.82) is 0 Å². The van der Waals surface area contributed by atoms with E-state index in [0.29, 0.717) is 22.5 Å². The molecule has 0 aliphatic heterocycles. The Kier molecular flexibility index (Phi) is 4.26. The minimum atomic E-state index is -0.641. The normalized spacial score (nSPS) is 11.0. The smallest absolute Gasteiger partial charge is 0.261 e. The molecule has 4 rings (SSSR count). The maximum Gasteiger partial charge on any atom is 0.261 e. The SMILES string of the molecule is Cc1noc(C)c1C(=O)Nc1ccc(Oc2ncnn3ccc(C)c23)c(F)c1. The van der Waals surface area contributed by atoms with Crippen LogP contribution in [0.15, 0.2) is 41.3 Å². The van der Waals surface area contributed by atoms with Gasteiger partial charge in [0, 0.05) is 18.0 Å². The molecule has 0 saturated heterocycles. The van der Waals surface area contributed by atoms with Crippen molar-refractivity contribution in [3.63, 3.8) is 0 Å². The average Bonchev–Trinajstić information content (AvgIpc) is 3.20. The van der Waals surface area contributed by atoms with Crippen LogP contribution in [0.3, 0.4) is 0 Å². The van der Waals surface area contributed by atoms with E-state index >= 15 is 0 Å². The summed E-state index contributed by atoms with van der Waals surface area (Å²) in [5.41, 5.74) is 2.62. The number of aromatic nitrogens is 4. The Hall–Kier alpha value is -3.75. The zero-order valence-corrected chi connectivity index (χ0v) is 15.4. The maximum atomic E-state index is 14.6. The molecular formula is C19H16FN5O3. The summed E-state index contributed by atoms with van der Waals surface area (Å²) in [5, 5.41) is 10.5. The number of halogens is 1. The summed E-state index contributed by atoms with van der Waals surface area (Å²) >= 11 is 0. The molecule has 1 aromatic carbocycles. The second-order valence-electron chi connectivity index (χ2n) is 6.26. The lowest BCUT2D eigenvalue weighted by molar-refractivity contribution is 0.102. The fourth-order valence-corrected chi connectivity index (χ4v) is 2.92. The second-order valence-corrected chi connectivity index (χ2v) is 6.26. The molecule has 9 heteroatoms. The Bertz CT molecular complexity index is 1180. The number of rotatable bonds is 4. The van der Waals surface area contributed by atoms with Crippen molar-refractivity contribution >= 4 is 17.1 Å². The fraction of sp³-hybridized carbons (Fsp3) is 0.158. The Balaban J connectivity index is 1.58. The summed E-state index contributed by atoms with van der Waals surface area (Å²) in [7, 11) is 0. The van der Waals surface area contributed by atoms with Crippen LogP contribution in [0.1, 0.15) is 27.4 Å². The van der Waals surface area contributed by atoms with Gasteiger partial charge in [0.2, 0.25) is 5.88 Å². The first-order valence-electron chi connectivity index (χ1n) is 8.44. The van der Waals surface area contributed by atoms with Gasteiger partial charge in [0.15, 0.2) is 11.6 Å². The summed E-state index contributed by atoms with van der Waals surface area (Å²) in [5.74, 6) is -0.450. The van der Waals surface area contributed by atoms with Gasteiger partial charge in [-0.1, -0.05) is 5.16 Å². The fourth-order valence-electron chi connectivity index (χ4n) is 2.92. The van der Waals surface area contributed by atoms with Crippen molar-refractivity contribution in [2.24, 2.45) is 0 Å². The molecular weight excluding hydrogens is 365 g/mol. The summed E-state index contributed by atoms with van der Waals surface area (Å²) in [4.78, 5) is 16.5. The number of ether oxygens (including phenoxy) is 1. The lowest BCUT2D eigenvalue weighted by atomic mass is 10.2. The predicted molar refractivity (Wildman–Crippen MR) is 98.1 cm³/mol. The Morgan fingerprint density at radius 1 is 1.25 bits per heavy atom. The van der Waals surface area contributed by atoms with Crippen LogP contribution in [0.5, 0.6) is 11.6 Å². The molecule has 0 spiro atoms. The zero-order valence-electron chi connectivity index (χ0n) is 15.4. The summed E-state index contributed by atoms with van der Waals surface area (Å²) in [6.45, 7) is 5.18. The van der Waals surface area contributed by atoms with Gasteiger partial charge in [-0.05, 0) is 44.5 Å². The molecule has 0 saturated carbocycles. The average molecular weight is 381 g/mol. The monoisotopic (exact) mass is 381 g/mol. The first-order chi connectivity index (χ1) is 13.4. The highest BCUT2D eigenvalue weighted by molar-refractivity contribution is 6.05. The van der Waals surface area contributed by atoms with E-state index in [1.54, 1.807) is 24.6 Å². The van der Waals surface area contributed by atoms with Gasteiger partial charge in [-0.15, -0.1) is 0 Å². The van der Waals surface area contributed by atoms with E-state index < -0.39 is 11.7 Å². The lowest BCUT2D eigenvalue weighted by Crippen LogP contribution is -2.13. The molecule has 0 atom stereocenters. The largest absolute Gasteiger partial charge is 0.434 e. The van der Waals surface area contributed by atoms with Gasteiger partial charge in [0.25, 0.3) is 5.91 Å². The van der Waals surface area contributed by atoms with Gasteiger partial charge in [-0.25, -0.2) is 8.91 Å². The number of anilines is 1. The van der Waals surface area contributed by atoms with Crippen molar-refractivity contribution in [3.8, 4) is 11.6 Å². The van der Waals surface area contributed by atoms with Crippen LogP contribution in [0, 0.1) is 26.6 Å². The van der Waals surface area contributed by atoms with Gasteiger partial charge in [0.05, 0.1) is 5.69 Å². The predicted octanol–water partition coefficient (Wildman–Crippen LogP) is 3.83. The molecule has 8 nitrogen and oxygen atoms in total. The molecule has 142 valence electrons. The van der Waals surface area contributed by atoms with E-state index in [-0.39, 0.29) is 17.3 Å². The van der Waals surface area contributed by atoms with Crippen molar-refractivity contribution in [1.82, 2.24) is 19.8 Å². The molecule has 3 heterocycles. The van der Waals surface area contributed by atoms with Crippen LogP contribution in [0.25, 0.3) is 5.52 Å². The van der Waals surface area contributed by atoms with Crippen LogP contribution in [-0.2, 0) is 0 Å². The minimum Gasteiger partial charge on any atom is -0.434 e. The first-order valence-corrected chi connectivity index (χ1v) is 8.44. The standard InChI is InChI=1S/C19H16FN5O3/c1-10-6-7-25-17(10)19(21-9-22-25)27-15-5-4-13(8-14(15)20)23-18(26)16-11(2)24-28-12(16)3/h4-9H,1-3H3,(H,23,26). The number of carbonyl (C=O) groups is 1. The topological polar surface area (TPSA) is 94.5 Å². The van der Waals surface area contributed by atoms with E-state index in [9.17, 15) is 9.18 Å². The highest BCUT2D eigenvalue weighted by atomic mass is 19.1. The first kappa shape index (κ1) is 17.7. The lowest BCUT2D eigenvalue weighted by Gasteiger charge is -2.10. The van der Waals surface area contributed by atoms with Crippen molar-refractivity contribution in [2.75, 3.05) is 5.32 Å². The molecule has 0 unspecified atom stereocenters. The highest BCUT2D eigenvalue weighted by Crippen LogP contribution is 2.29. The third-order valence-electron chi connectivity index (χ3n) is 4.28. The number of amides is 1. The molecule has 1 amide bonds. The van der Waals surface area contributed by atoms with E-state index in [2.05, 4.69) is 20.6 Å². The molecule has 3 aromatic heterocycles. The number of benzene rings is 1. The van der Waals surface area contributed by atoms with Gasteiger partial charge in [-0.2, -0.15) is 10.1 Å². The molecule has 0 fully saturated rings. The second kappa shape index (κ2) is 6.76. The summed E-state index contributed by atoms with van der Waals surface area (Å²) < 4.78 is 26.8. The molecule has 0 bridgehead atoms. The third kappa shape index (κ3) is 3.07.